The summed E-state index contributed by atoms with van der Waals surface area (Å²) in [6, 6.07) is 8.77. The van der Waals surface area contributed by atoms with Gasteiger partial charge < -0.3 is 20.1 Å². The van der Waals surface area contributed by atoms with Crippen LogP contribution in [0.25, 0.3) is 0 Å². The first-order valence-electron chi connectivity index (χ1n) is 8.23. The molecule has 9 heteroatoms. The van der Waals surface area contributed by atoms with Crippen molar-refractivity contribution >= 4 is 23.2 Å². The summed E-state index contributed by atoms with van der Waals surface area (Å²) < 4.78 is 11.0. The molecule has 1 saturated heterocycles. The van der Waals surface area contributed by atoms with E-state index >= 15 is 0 Å². The molecule has 0 saturated carbocycles. The number of hydrogen-bond acceptors (Lipinski definition) is 6. The van der Waals surface area contributed by atoms with Crippen molar-refractivity contribution < 1.29 is 19.2 Å². The summed E-state index contributed by atoms with van der Waals surface area (Å²) in [5, 5.41) is 11.4. The first-order valence-corrected chi connectivity index (χ1v) is 8.61. The standard InChI is InChI=1S/C18H18ClN3O5/c1-26-17-8-11(18(23)21-7-6-13(20)10-21)2-4-16(17)27-15-5-3-12(19)9-14(15)22(24)25/h2-5,8-9,13H,6-7,10,20H2,1H3/t13-/m1/s1. The number of nitro benzene ring substituents is 1. The fraction of sp³-hybridized carbons (Fsp3) is 0.278. The Morgan fingerprint density at radius 1 is 1.26 bits per heavy atom. The number of halogens is 1. The molecule has 2 aromatic rings. The van der Waals surface area contributed by atoms with Crippen LogP contribution in [0.2, 0.25) is 5.02 Å². The highest BCUT2D eigenvalue weighted by Crippen LogP contribution is 2.38. The summed E-state index contributed by atoms with van der Waals surface area (Å²) in [6.45, 7) is 1.12. The average Bonchev–Trinajstić information content (AvgIpc) is 3.09. The summed E-state index contributed by atoms with van der Waals surface area (Å²) in [6.07, 6.45) is 0.768. The van der Waals surface area contributed by atoms with E-state index in [0.29, 0.717) is 18.7 Å². The second-order valence-corrected chi connectivity index (χ2v) is 6.57. The highest BCUT2D eigenvalue weighted by molar-refractivity contribution is 6.30. The molecule has 1 amide bonds. The summed E-state index contributed by atoms with van der Waals surface area (Å²) in [5.74, 6) is 0.406. The smallest absolute Gasteiger partial charge is 0.313 e. The quantitative estimate of drug-likeness (QED) is 0.619. The largest absolute Gasteiger partial charge is 0.493 e. The average molecular weight is 392 g/mol. The molecule has 3 rings (SSSR count). The minimum atomic E-state index is -0.581. The van der Waals surface area contributed by atoms with Crippen LogP contribution in [0.1, 0.15) is 16.8 Å². The van der Waals surface area contributed by atoms with Gasteiger partial charge in [0.15, 0.2) is 11.5 Å². The zero-order chi connectivity index (χ0) is 19.6. The molecule has 0 radical (unpaired) electrons. The number of carbonyl (C=O) groups is 1. The van der Waals surface area contributed by atoms with Gasteiger partial charge in [-0.25, -0.2) is 0 Å². The highest BCUT2D eigenvalue weighted by atomic mass is 35.5. The zero-order valence-electron chi connectivity index (χ0n) is 14.6. The molecule has 0 unspecified atom stereocenters. The number of nitro groups is 1. The summed E-state index contributed by atoms with van der Waals surface area (Å²) >= 11 is 5.81. The van der Waals surface area contributed by atoms with E-state index in [9.17, 15) is 14.9 Å². The van der Waals surface area contributed by atoms with Crippen LogP contribution in [0.15, 0.2) is 36.4 Å². The van der Waals surface area contributed by atoms with Gasteiger partial charge in [-0.3, -0.25) is 14.9 Å². The van der Waals surface area contributed by atoms with E-state index in [-0.39, 0.29) is 39.9 Å². The van der Waals surface area contributed by atoms with E-state index in [0.717, 1.165) is 6.42 Å². The molecule has 1 atom stereocenters. The Morgan fingerprint density at radius 3 is 2.63 bits per heavy atom. The van der Waals surface area contributed by atoms with Crippen molar-refractivity contribution in [3.8, 4) is 17.2 Å². The molecule has 2 aromatic carbocycles. The van der Waals surface area contributed by atoms with Crippen LogP contribution >= 0.6 is 11.6 Å². The van der Waals surface area contributed by atoms with Crippen molar-refractivity contribution in [1.29, 1.82) is 0 Å². The summed E-state index contributed by atoms with van der Waals surface area (Å²) in [5.41, 5.74) is 6.02. The number of benzene rings is 2. The zero-order valence-corrected chi connectivity index (χ0v) is 15.3. The van der Waals surface area contributed by atoms with Crippen molar-refractivity contribution in [3.05, 3.63) is 57.1 Å². The van der Waals surface area contributed by atoms with Crippen LogP contribution < -0.4 is 15.2 Å². The molecule has 0 bridgehead atoms. The molecule has 0 aromatic heterocycles. The van der Waals surface area contributed by atoms with E-state index < -0.39 is 4.92 Å². The Morgan fingerprint density at radius 2 is 2.00 bits per heavy atom. The maximum Gasteiger partial charge on any atom is 0.313 e. The molecule has 1 heterocycles. The van der Waals surface area contributed by atoms with Crippen molar-refractivity contribution in [3.63, 3.8) is 0 Å². The predicted octanol–water partition coefficient (Wildman–Crippen LogP) is 3.22. The third-order valence-corrected chi connectivity index (χ3v) is 4.50. The van der Waals surface area contributed by atoms with Crippen LogP contribution in [0, 0.1) is 10.1 Å². The Labute approximate surface area is 160 Å². The van der Waals surface area contributed by atoms with E-state index in [4.69, 9.17) is 26.8 Å². The first-order chi connectivity index (χ1) is 12.9. The van der Waals surface area contributed by atoms with Crippen LogP contribution in [0.5, 0.6) is 17.2 Å². The van der Waals surface area contributed by atoms with Gasteiger partial charge in [-0.1, -0.05) is 11.6 Å². The van der Waals surface area contributed by atoms with Gasteiger partial charge in [-0.05, 0) is 36.8 Å². The van der Waals surface area contributed by atoms with Gasteiger partial charge >= 0.3 is 5.69 Å². The third kappa shape index (κ3) is 4.12. The van der Waals surface area contributed by atoms with Gasteiger partial charge in [0.2, 0.25) is 5.75 Å². The number of nitrogens with two attached hydrogens (primary N) is 1. The lowest BCUT2D eigenvalue weighted by molar-refractivity contribution is -0.385. The molecular formula is C18H18ClN3O5. The number of amides is 1. The molecule has 27 heavy (non-hydrogen) atoms. The van der Waals surface area contributed by atoms with Crippen molar-refractivity contribution in [2.75, 3.05) is 20.2 Å². The number of likely N-dealkylation sites (tertiary alicyclic amines) is 1. The minimum absolute atomic E-state index is 0.0103. The van der Waals surface area contributed by atoms with Crippen molar-refractivity contribution in [2.45, 2.75) is 12.5 Å². The maximum absolute atomic E-state index is 12.6. The Balaban J connectivity index is 1.87. The normalized spacial score (nSPS) is 16.3. The van der Waals surface area contributed by atoms with Crippen LogP contribution in [-0.2, 0) is 0 Å². The van der Waals surface area contributed by atoms with Crippen LogP contribution in [0.4, 0.5) is 5.69 Å². The van der Waals surface area contributed by atoms with Gasteiger partial charge in [0, 0.05) is 35.8 Å². The molecule has 1 fully saturated rings. The minimum Gasteiger partial charge on any atom is -0.493 e. The predicted molar refractivity (Wildman–Crippen MR) is 99.7 cm³/mol. The Hall–Kier alpha value is -2.84. The number of ether oxygens (including phenoxy) is 2. The number of methoxy groups -OCH3 is 1. The van der Waals surface area contributed by atoms with Gasteiger partial charge in [0.05, 0.1) is 12.0 Å². The van der Waals surface area contributed by atoms with Crippen LogP contribution in [-0.4, -0.2) is 42.0 Å². The molecule has 0 spiro atoms. The molecule has 1 aliphatic heterocycles. The molecule has 142 valence electrons. The second-order valence-electron chi connectivity index (χ2n) is 6.14. The fourth-order valence-corrected chi connectivity index (χ4v) is 3.04. The lowest BCUT2D eigenvalue weighted by Gasteiger charge is -2.17. The van der Waals surface area contributed by atoms with Gasteiger partial charge in [0.25, 0.3) is 5.91 Å². The van der Waals surface area contributed by atoms with Gasteiger partial charge in [0.1, 0.15) is 0 Å². The lowest BCUT2D eigenvalue weighted by Crippen LogP contribution is -2.31. The molecular weight excluding hydrogens is 374 g/mol. The second kappa shape index (κ2) is 7.81. The summed E-state index contributed by atoms with van der Waals surface area (Å²) in [7, 11) is 1.43. The number of nitrogens with zero attached hydrogens (tertiary/aromatic N) is 2. The van der Waals surface area contributed by atoms with E-state index in [1.807, 2.05) is 0 Å². The lowest BCUT2D eigenvalue weighted by atomic mass is 10.1. The SMILES string of the molecule is COc1cc(C(=O)N2CC[C@@H](N)C2)ccc1Oc1ccc(Cl)cc1[N+](=O)[O-]. The Bertz CT molecular complexity index is 889. The topological polar surface area (TPSA) is 108 Å². The van der Waals surface area contributed by atoms with Gasteiger partial charge in [-0.15, -0.1) is 0 Å². The molecule has 0 aliphatic carbocycles. The number of carbonyl (C=O) groups excluding carboxylic acids is 1. The van der Waals surface area contributed by atoms with Crippen LogP contribution in [0.3, 0.4) is 0 Å². The molecule has 2 N–H and O–H groups in total. The fourth-order valence-electron chi connectivity index (χ4n) is 2.88. The highest BCUT2D eigenvalue weighted by Gasteiger charge is 2.25. The van der Waals surface area contributed by atoms with Gasteiger partial charge in [-0.2, -0.15) is 0 Å². The van der Waals surface area contributed by atoms with E-state index in [2.05, 4.69) is 0 Å². The molecule has 1 aliphatic rings. The summed E-state index contributed by atoms with van der Waals surface area (Å²) in [4.78, 5) is 24.9. The maximum atomic E-state index is 12.6. The Kier molecular flexibility index (Phi) is 5.48. The van der Waals surface area contributed by atoms with Crippen molar-refractivity contribution in [1.82, 2.24) is 4.90 Å². The van der Waals surface area contributed by atoms with E-state index in [1.165, 1.54) is 25.3 Å². The third-order valence-electron chi connectivity index (χ3n) is 4.26. The number of rotatable bonds is 5. The van der Waals surface area contributed by atoms with Crippen molar-refractivity contribution in [2.24, 2.45) is 5.73 Å². The van der Waals surface area contributed by atoms with E-state index in [1.54, 1.807) is 23.1 Å². The monoisotopic (exact) mass is 391 g/mol. The number of hydrogen-bond donors (Lipinski definition) is 1. The first kappa shape index (κ1) is 18.9. The molecule has 8 nitrogen and oxygen atoms in total.